The van der Waals surface area contributed by atoms with E-state index in [1.54, 1.807) is 14.2 Å². The molecule has 0 heterocycles. The van der Waals surface area contributed by atoms with E-state index in [2.05, 4.69) is 18.9 Å². The normalized spacial score (nSPS) is 13.1. The average molecular weight is 302 g/mol. The number of hydrogen-bond acceptors (Lipinski definition) is 6. The van der Waals surface area contributed by atoms with Crippen LogP contribution in [-0.4, -0.2) is 53.2 Å². The summed E-state index contributed by atoms with van der Waals surface area (Å²) in [5.41, 5.74) is 0. The molecule has 17 heavy (non-hydrogen) atoms. The maximum absolute atomic E-state index is 10.1. The van der Waals surface area contributed by atoms with Gasteiger partial charge in [0.05, 0.1) is 26.4 Å². The minimum absolute atomic E-state index is 0. The Hall–Kier alpha value is 0.279. The molecule has 109 valence electrons. The second-order valence-electron chi connectivity index (χ2n) is 2.86. The van der Waals surface area contributed by atoms with Gasteiger partial charge in [0.15, 0.2) is 0 Å². The van der Waals surface area contributed by atoms with E-state index < -0.39 is 12.6 Å². The molecule has 0 aromatic heterocycles. The summed E-state index contributed by atoms with van der Waals surface area (Å²) in [5, 5.41) is 20.2. The third kappa shape index (κ3) is 31.4. The van der Waals surface area contributed by atoms with Crippen LogP contribution in [0.25, 0.3) is 0 Å². The number of ether oxygens (including phenoxy) is 4. The third-order valence-corrected chi connectivity index (χ3v) is 1.28. The predicted octanol–water partition coefficient (Wildman–Crippen LogP) is -1.29. The maximum atomic E-state index is 10.1. The van der Waals surface area contributed by atoms with E-state index in [0.717, 1.165) is 0 Å². The van der Waals surface area contributed by atoms with Gasteiger partial charge in [-0.1, -0.05) is 13.8 Å². The first-order valence-electron chi connectivity index (χ1n) is 5.07. The smallest absolute Gasteiger partial charge is 0.831 e. The number of rotatable bonds is 8. The van der Waals surface area contributed by atoms with Crippen LogP contribution in [0.15, 0.2) is 0 Å². The van der Waals surface area contributed by atoms with Gasteiger partial charge in [0.2, 0.25) is 0 Å². The summed E-state index contributed by atoms with van der Waals surface area (Å²) < 4.78 is 18.5. The molecule has 6 nitrogen and oxygen atoms in total. The molecule has 1 radical (unpaired) electrons. The van der Waals surface area contributed by atoms with Crippen molar-refractivity contribution in [2.24, 2.45) is 0 Å². The molecule has 0 aromatic carbocycles. The van der Waals surface area contributed by atoms with Crippen LogP contribution in [0.5, 0.6) is 0 Å². The van der Waals surface area contributed by atoms with E-state index in [9.17, 15) is 10.2 Å². The molecule has 0 saturated heterocycles. The summed E-state index contributed by atoms with van der Waals surface area (Å²) in [6.45, 7) is 4.67. The van der Waals surface area contributed by atoms with E-state index in [4.69, 9.17) is 0 Å². The summed E-state index contributed by atoms with van der Waals surface area (Å²) in [6.07, 6.45) is -1.85. The molecule has 7 heteroatoms. The van der Waals surface area contributed by atoms with Crippen molar-refractivity contribution in [2.75, 3.05) is 40.6 Å². The Labute approximate surface area is 114 Å². The molecule has 0 rings (SSSR count). The van der Waals surface area contributed by atoms with Crippen molar-refractivity contribution in [3.8, 4) is 0 Å². The van der Waals surface area contributed by atoms with Crippen molar-refractivity contribution in [1.29, 1.82) is 0 Å². The number of hydrogen-bond donors (Lipinski definition) is 0. The molecule has 0 aromatic rings. The summed E-state index contributed by atoms with van der Waals surface area (Å²) in [7, 11) is 3.14. The fourth-order valence-electron chi connectivity index (χ4n) is 0.595. The summed E-state index contributed by atoms with van der Waals surface area (Å²) in [4.78, 5) is 0. The van der Waals surface area contributed by atoms with Gasteiger partial charge >= 0.3 is 17.1 Å². The van der Waals surface area contributed by atoms with Crippen molar-refractivity contribution in [3.05, 3.63) is 0 Å². The van der Waals surface area contributed by atoms with Crippen LogP contribution >= 0.6 is 0 Å². The molecule has 0 saturated carbocycles. The fraction of sp³-hybridized carbons (Fsp3) is 1.00. The quantitative estimate of drug-likeness (QED) is 0.315. The van der Waals surface area contributed by atoms with Crippen molar-refractivity contribution < 1.29 is 46.2 Å². The van der Waals surface area contributed by atoms with Crippen molar-refractivity contribution in [1.82, 2.24) is 0 Å². The molecule has 0 aliphatic carbocycles. The van der Waals surface area contributed by atoms with E-state index in [1.165, 1.54) is 13.8 Å². The molecule has 2 atom stereocenters. The van der Waals surface area contributed by atoms with Gasteiger partial charge in [0.1, 0.15) is 0 Å². The van der Waals surface area contributed by atoms with Crippen LogP contribution < -0.4 is 10.2 Å². The van der Waals surface area contributed by atoms with E-state index >= 15 is 0 Å². The van der Waals surface area contributed by atoms with Gasteiger partial charge in [0.25, 0.3) is 0 Å². The van der Waals surface area contributed by atoms with Crippen molar-refractivity contribution >= 4 is 0 Å². The fourth-order valence-corrected chi connectivity index (χ4v) is 0.595. The zero-order chi connectivity index (χ0) is 12.8. The largest absolute Gasteiger partial charge is 2.00 e. The molecule has 0 aliphatic heterocycles. The van der Waals surface area contributed by atoms with E-state index in [0.29, 0.717) is 26.4 Å². The summed E-state index contributed by atoms with van der Waals surface area (Å²) in [5.74, 6) is 0. The summed E-state index contributed by atoms with van der Waals surface area (Å²) in [6, 6.07) is 0. The van der Waals surface area contributed by atoms with Crippen LogP contribution in [0.2, 0.25) is 0 Å². The van der Waals surface area contributed by atoms with Gasteiger partial charge < -0.3 is 29.2 Å². The van der Waals surface area contributed by atoms with Crippen molar-refractivity contribution in [3.63, 3.8) is 0 Å². The Balaban J connectivity index is -0.000000218. The predicted molar refractivity (Wildman–Crippen MR) is 54.6 cm³/mol. The van der Waals surface area contributed by atoms with E-state index in [-0.39, 0.29) is 17.1 Å². The SMILES string of the molecule is COCCOC(C)[O-].COCCOC(C)[O-].[Cu+2]. The zero-order valence-electron chi connectivity index (χ0n) is 10.7. The van der Waals surface area contributed by atoms with Gasteiger partial charge in [-0.3, -0.25) is 0 Å². The van der Waals surface area contributed by atoms with E-state index in [1.807, 2.05) is 0 Å². The Bertz CT molecular complexity index is 109. The van der Waals surface area contributed by atoms with Crippen LogP contribution in [0.1, 0.15) is 13.8 Å². The Morgan fingerprint density at radius 3 is 1.24 bits per heavy atom. The van der Waals surface area contributed by atoms with Crippen molar-refractivity contribution in [2.45, 2.75) is 26.4 Å². The van der Waals surface area contributed by atoms with Gasteiger partial charge in [0, 0.05) is 14.2 Å². The molecule has 0 amide bonds. The Morgan fingerprint density at radius 1 is 0.765 bits per heavy atom. The average Bonchev–Trinajstić information content (AvgIpc) is 2.18. The maximum Gasteiger partial charge on any atom is 2.00 e. The van der Waals surface area contributed by atoms with Gasteiger partial charge in [-0.25, -0.2) is 0 Å². The number of methoxy groups -OCH3 is 2. The summed E-state index contributed by atoms with van der Waals surface area (Å²) >= 11 is 0. The van der Waals surface area contributed by atoms with Gasteiger partial charge in [-0.05, 0) is 12.6 Å². The Morgan fingerprint density at radius 2 is 1.06 bits per heavy atom. The molecule has 0 aliphatic rings. The molecular weight excluding hydrogens is 280 g/mol. The first-order chi connectivity index (χ1) is 7.54. The first-order valence-corrected chi connectivity index (χ1v) is 5.07. The Kier molecular flexibility index (Phi) is 24.6. The molecule has 0 fully saturated rings. The molecule has 0 spiro atoms. The van der Waals surface area contributed by atoms with Crippen LogP contribution in [0.3, 0.4) is 0 Å². The second kappa shape index (κ2) is 18.6. The van der Waals surface area contributed by atoms with Crippen LogP contribution in [-0.2, 0) is 36.0 Å². The zero-order valence-corrected chi connectivity index (χ0v) is 11.7. The monoisotopic (exact) mass is 301 g/mol. The van der Waals surface area contributed by atoms with Crippen LogP contribution in [0, 0.1) is 0 Å². The minimum Gasteiger partial charge on any atom is -0.831 e. The molecular formula is C10H22CuO6. The second-order valence-corrected chi connectivity index (χ2v) is 2.86. The molecule has 2 unspecified atom stereocenters. The van der Waals surface area contributed by atoms with Gasteiger partial charge in [-0.15, -0.1) is 0 Å². The van der Waals surface area contributed by atoms with Crippen LogP contribution in [0.4, 0.5) is 0 Å². The van der Waals surface area contributed by atoms with Gasteiger partial charge in [-0.2, -0.15) is 0 Å². The third-order valence-electron chi connectivity index (χ3n) is 1.28. The minimum atomic E-state index is -0.926. The first kappa shape index (κ1) is 22.5. The topological polar surface area (TPSA) is 83.0 Å². The molecule has 0 N–H and O–H groups in total. The standard InChI is InChI=1S/2C5H11O3.Cu/c2*1-5(6)8-4-3-7-2;/h2*5H,3-4H2,1-2H3;/q2*-1;+2. The molecule has 0 bridgehead atoms.